The van der Waals surface area contributed by atoms with E-state index < -0.39 is 6.10 Å². The largest absolute Gasteiger partial charge is 0.496 e. The number of hydrogen-bond donors (Lipinski definition) is 1. The van der Waals surface area contributed by atoms with Crippen molar-refractivity contribution >= 4 is 33.4 Å². The lowest BCUT2D eigenvalue weighted by atomic mass is 10.2. The van der Waals surface area contributed by atoms with Crippen molar-refractivity contribution in [2.75, 3.05) is 7.11 Å². The van der Waals surface area contributed by atoms with Crippen molar-refractivity contribution in [2.45, 2.75) is 19.6 Å². The number of rotatable bonds is 6. The van der Waals surface area contributed by atoms with Gasteiger partial charge in [0.05, 0.1) is 11.6 Å². The summed E-state index contributed by atoms with van der Waals surface area (Å²) in [7, 11) is 1.60. The standard InChI is InChI=1S/C17H17BrClNO3/c1-11(23-16-8-7-13(19)9-14(16)18)17(21)20-10-12-5-3-4-6-15(12)22-2/h3-9,11H,10H2,1-2H3,(H,20,21)/t11-/m1/s1. The molecule has 2 aromatic carbocycles. The number of hydrogen-bond acceptors (Lipinski definition) is 3. The zero-order chi connectivity index (χ0) is 16.8. The second-order valence-electron chi connectivity index (χ2n) is 4.86. The first-order chi connectivity index (χ1) is 11.0. The van der Waals surface area contributed by atoms with E-state index in [1.165, 1.54) is 0 Å². The van der Waals surface area contributed by atoms with Crippen LogP contribution in [0.5, 0.6) is 11.5 Å². The van der Waals surface area contributed by atoms with Crippen LogP contribution in [-0.2, 0) is 11.3 Å². The van der Waals surface area contributed by atoms with Crippen molar-refractivity contribution in [3.05, 3.63) is 57.5 Å². The third kappa shape index (κ3) is 4.88. The number of halogens is 2. The molecule has 0 radical (unpaired) electrons. The van der Waals surface area contributed by atoms with Crippen LogP contribution in [-0.4, -0.2) is 19.1 Å². The van der Waals surface area contributed by atoms with Crippen molar-refractivity contribution in [3.63, 3.8) is 0 Å². The lowest BCUT2D eigenvalue weighted by Gasteiger charge is -2.16. The van der Waals surface area contributed by atoms with Gasteiger partial charge in [-0.25, -0.2) is 0 Å². The third-order valence-electron chi connectivity index (χ3n) is 3.21. The second kappa shape index (κ2) is 8.22. The molecule has 6 heteroatoms. The second-order valence-corrected chi connectivity index (χ2v) is 6.16. The van der Waals surface area contributed by atoms with Crippen molar-refractivity contribution in [1.82, 2.24) is 5.32 Å². The van der Waals surface area contributed by atoms with E-state index >= 15 is 0 Å². The first kappa shape index (κ1) is 17.6. The van der Waals surface area contributed by atoms with Crippen molar-refractivity contribution in [3.8, 4) is 11.5 Å². The number of carbonyl (C=O) groups excluding carboxylic acids is 1. The maximum atomic E-state index is 12.2. The van der Waals surface area contributed by atoms with Gasteiger partial charge in [-0.3, -0.25) is 4.79 Å². The molecule has 0 aliphatic rings. The molecule has 1 amide bonds. The fourth-order valence-corrected chi connectivity index (χ4v) is 2.77. The summed E-state index contributed by atoms with van der Waals surface area (Å²) in [5.74, 6) is 1.09. The Morgan fingerprint density at radius 3 is 2.70 bits per heavy atom. The third-order valence-corrected chi connectivity index (χ3v) is 4.07. The number of ether oxygens (including phenoxy) is 2. The molecule has 0 fully saturated rings. The molecule has 0 bridgehead atoms. The van der Waals surface area contributed by atoms with Gasteiger partial charge in [0.1, 0.15) is 11.5 Å². The fourth-order valence-electron chi connectivity index (χ4n) is 1.99. The van der Waals surface area contributed by atoms with Gasteiger partial charge in [0.15, 0.2) is 6.10 Å². The SMILES string of the molecule is COc1ccccc1CNC(=O)[C@@H](C)Oc1ccc(Cl)cc1Br. The van der Waals surface area contributed by atoms with Gasteiger partial charge in [-0.05, 0) is 47.1 Å². The molecule has 23 heavy (non-hydrogen) atoms. The van der Waals surface area contributed by atoms with E-state index in [2.05, 4.69) is 21.2 Å². The molecule has 0 unspecified atom stereocenters. The molecule has 2 aromatic rings. The molecule has 2 rings (SSSR count). The minimum Gasteiger partial charge on any atom is -0.496 e. The topological polar surface area (TPSA) is 47.6 Å². The summed E-state index contributed by atoms with van der Waals surface area (Å²) in [5, 5.41) is 3.43. The van der Waals surface area contributed by atoms with Gasteiger partial charge in [0.2, 0.25) is 0 Å². The van der Waals surface area contributed by atoms with E-state index in [0.29, 0.717) is 21.8 Å². The minimum atomic E-state index is -0.637. The Labute approximate surface area is 148 Å². The minimum absolute atomic E-state index is 0.210. The monoisotopic (exact) mass is 397 g/mol. The number of methoxy groups -OCH3 is 1. The maximum absolute atomic E-state index is 12.2. The fraction of sp³-hybridized carbons (Fsp3) is 0.235. The molecule has 0 saturated carbocycles. The van der Waals surface area contributed by atoms with E-state index in [0.717, 1.165) is 11.3 Å². The van der Waals surface area contributed by atoms with Crippen LogP contribution in [0.3, 0.4) is 0 Å². The van der Waals surface area contributed by atoms with Gasteiger partial charge in [-0.2, -0.15) is 0 Å². The Hall–Kier alpha value is -1.72. The highest BCUT2D eigenvalue weighted by atomic mass is 79.9. The molecule has 1 atom stereocenters. The highest BCUT2D eigenvalue weighted by molar-refractivity contribution is 9.10. The Balaban J connectivity index is 1.95. The van der Waals surface area contributed by atoms with Crippen LogP contribution in [0, 0.1) is 0 Å². The van der Waals surface area contributed by atoms with Crippen LogP contribution in [0.25, 0.3) is 0 Å². The molecular formula is C17H17BrClNO3. The summed E-state index contributed by atoms with van der Waals surface area (Å²) in [5.41, 5.74) is 0.906. The highest BCUT2D eigenvalue weighted by Gasteiger charge is 2.16. The Bertz CT molecular complexity index is 693. The zero-order valence-corrected chi connectivity index (χ0v) is 15.1. The summed E-state index contributed by atoms with van der Waals surface area (Å²) < 4.78 is 11.6. The Morgan fingerprint density at radius 2 is 2.00 bits per heavy atom. The molecule has 1 N–H and O–H groups in total. The van der Waals surface area contributed by atoms with Crippen LogP contribution in [0.4, 0.5) is 0 Å². The van der Waals surface area contributed by atoms with Gasteiger partial charge >= 0.3 is 0 Å². The van der Waals surface area contributed by atoms with Crippen molar-refractivity contribution in [1.29, 1.82) is 0 Å². The van der Waals surface area contributed by atoms with Gasteiger partial charge < -0.3 is 14.8 Å². The number of amides is 1. The van der Waals surface area contributed by atoms with E-state index in [9.17, 15) is 4.79 Å². The summed E-state index contributed by atoms with van der Waals surface area (Å²) >= 11 is 9.25. The predicted molar refractivity (Wildman–Crippen MR) is 94.1 cm³/mol. The van der Waals surface area contributed by atoms with Gasteiger partial charge in [0, 0.05) is 17.1 Å². The summed E-state index contributed by atoms with van der Waals surface area (Å²) in [6.07, 6.45) is -0.637. The quantitative estimate of drug-likeness (QED) is 0.793. The van der Waals surface area contributed by atoms with E-state index in [-0.39, 0.29) is 5.91 Å². The molecular weight excluding hydrogens is 382 g/mol. The first-order valence-electron chi connectivity index (χ1n) is 7.02. The first-order valence-corrected chi connectivity index (χ1v) is 8.19. The van der Waals surface area contributed by atoms with E-state index in [1.807, 2.05) is 24.3 Å². The van der Waals surface area contributed by atoms with Crippen LogP contribution in [0.15, 0.2) is 46.9 Å². The molecule has 0 spiro atoms. The van der Waals surface area contributed by atoms with E-state index in [4.69, 9.17) is 21.1 Å². The maximum Gasteiger partial charge on any atom is 0.261 e. The number of nitrogens with one attached hydrogen (secondary N) is 1. The number of benzene rings is 2. The molecule has 122 valence electrons. The van der Waals surface area contributed by atoms with Crippen molar-refractivity contribution < 1.29 is 14.3 Å². The highest BCUT2D eigenvalue weighted by Crippen LogP contribution is 2.28. The Morgan fingerprint density at radius 1 is 1.26 bits per heavy atom. The Kier molecular flexibility index (Phi) is 6.30. The number of carbonyl (C=O) groups is 1. The molecule has 0 saturated heterocycles. The predicted octanol–water partition coefficient (Wildman–Crippen LogP) is 4.19. The smallest absolute Gasteiger partial charge is 0.261 e. The van der Waals surface area contributed by atoms with Crippen LogP contribution in [0.2, 0.25) is 5.02 Å². The van der Waals surface area contributed by atoms with Crippen LogP contribution < -0.4 is 14.8 Å². The molecule has 0 aliphatic heterocycles. The van der Waals surface area contributed by atoms with Gasteiger partial charge in [0.25, 0.3) is 5.91 Å². The van der Waals surface area contributed by atoms with Crippen molar-refractivity contribution in [2.24, 2.45) is 0 Å². The average Bonchev–Trinajstić information content (AvgIpc) is 2.55. The van der Waals surface area contributed by atoms with E-state index in [1.54, 1.807) is 32.2 Å². The zero-order valence-electron chi connectivity index (χ0n) is 12.8. The summed E-state index contributed by atoms with van der Waals surface area (Å²) in [4.78, 5) is 12.2. The summed E-state index contributed by atoms with van der Waals surface area (Å²) in [6, 6.07) is 12.7. The summed E-state index contributed by atoms with van der Waals surface area (Å²) in [6.45, 7) is 2.07. The van der Waals surface area contributed by atoms with Gasteiger partial charge in [-0.1, -0.05) is 29.8 Å². The molecule has 0 aliphatic carbocycles. The molecule has 0 aromatic heterocycles. The number of para-hydroxylation sites is 1. The lowest BCUT2D eigenvalue weighted by molar-refractivity contribution is -0.127. The lowest BCUT2D eigenvalue weighted by Crippen LogP contribution is -2.36. The molecule has 4 nitrogen and oxygen atoms in total. The van der Waals surface area contributed by atoms with Crippen LogP contribution in [0.1, 0.15) is 12.5 Å². The normalized spacial score (nSPS) is 11.7. The van der Waals surface area contributed by atoms with Gasteiger partial charge in [-0.15, -0.1) is 0 Å². The molecule has 0 heterocycles. The van der Waals surface area contributed by atoms with Crippen LogP contribution >= 0.6 is 27.5 Å². The average molecular weight is 399 g/mol.